The molecule has 0 amide bonds. The van der Waals surface area contributed by atoms with Gasteiger partial charge in [0, 0.05) is 13.0 Å². The number of hydrogen-bond acceptors (Lipinski definition) is 5. The first-order chi connectivity index (χ1) is 9.49. The van der Waals surface area contributed by atoms with Gasteiger partial charge in [-0.25, -0.2) is 9.78 Å². The molecule has 6 heteroatoms. The molecule has 0 fully saturated rings. The number of nitrogens with zero attached hydrogens (tertiary/aromatic N) is 2. The Morgan fingerprint density at radius 3 is 2.90 bits per heavy atom. The van der Waals surface area contributed by atoms with E-state index in [1.807, 2.05) is 13.8 Å². The Kier molecular flexibility index (Phi) is 3.12. The first-order valence-corrected chi connectivity index (χ1v) is 7.54. The van der Waals surface area contributed by atoms with Crippen molar-refractivity contribution in [3.8, 4) is 0 Å². The molecule has 0 unspecified atom stereocenters. The smallest absolute Gasteiger partial charge is 0.348 e. The second kappa shape index (κ2) is 4.70. The first-order valence-electron chi connectivity index (χ1n) is 6.73. The lowest BCUT2D eigenvalue weighted by molar-refractivity contribution is 0.0383. The number of aromatic nitrogens is 2. The summed E-state index contributed by atoms with van der Waals surface area (Å²) in [6, 6.07) is 0. The van der Waals surface area contributed by atoms with Crippen LogP contribution in [0.4, 0.5) is 0 Å². The van der Waals surface area contributed by atoms with Crippen LogP contribution in [0.1, 0.15) is 41.3 Å². The van der Waals surface area contributed by atoms with Crippen LogP contribution in [0.25, 0.3) is 10.2 Å². The number of thiophene rings is 1. The molecule has 2 aromatic rings. The molecule has 0 aliphatic carbocycles. The Balaban J connectivity index is 2.19. The summed E-state index contributed by atoms with van der Waals surface area (Å²) in [7, 11) is 0. The largest absolute Gasteiger partial charge is 0.459 e. The summed E-state index contributed by atoms with van der Waals surface area (Å²) >= 11 is 1.26. The van der Waals surface area contributed by atoms with E-state index in [0.29, 0.717) is 20.7 Å². The van der Waals surface area contributed by atoms with Crippen LogP contribution in [0.15, 0.2) is 4.79 Å². The molecule has 1 aliphatic rings. The predicted molar refractivity (Wildman–Crippen MR) is 77.5 cm³/mol. The quantitative estimate of drug-likeness (QED) is 0.797. The van der Waals surface area contributed by atoms with Crippen LogP contribution in [-0.4, -0.2) is 21.6 Å². The predicted octanol–water partition coefficient (Wildman–Crippen LogP) is 2.28. The van der Waals surface area contributed by atoms with Gasteiger partial charge >= 0.3 is 5.97 Å². The number of fused-ring (bicyclic) bond motifs is 2. The summed E-state index contributed by atoms with van der Waals surface area (Å²) < 4.78 is 6.94. The molecule has 3 heterocycles. The van der Waals surface area contributed by atoms with Crippen LogP contribution < -0.4 is 5.56 Å². The molecule has 0 spiro atoms. The average Bonchev–Trinajstić information content (AvgIpc) is 2.94. The normalized spacial score (nSPS) is 14.0. The molecule has 0 radical (unpaired) electrons. The summed E-state index contributed by atoms with van der Waals surface area (Å²) in [6.45, 7) is 6.13. The van der Waals surface area contributed by atoms with Crippen LogP contribution >= 0.6 is 11.3 Å². The molecular weight excluding hydrogens is 276 g/mol. The zero-order valence-electron chi connectivity index (χ0n) is 11.7. The summed E-state index contributed by atoms with van der Waals surface area (Å²) in [5.74, 6) is 0.456. The van der Waals surface area contributed by atoms with Crippen molar-refractivity contribution in [2.24, 2.45) is 0 Å². The molecule has 0 saturated heterocycles. The Labute approximate surface area is 120 Å². The maximum atomic E-state index is 12.5. The average molecular weight is 292 g/mol. The Hall–Kier alpha value is -1.69. The van der Waals surface area contributed by atoms with Crippen molar-refractivity contribution in [2.45, 2.75) is 46.3 Å². The number of hydrogen-bond donors (Lipinski definition) is 0. The van der Waals surface area contributed by atoms with Crippen molar-refractivity contribution in [2.75, 3.05) is 0 Å². The van der Waals surface area contributed by atoms with Gasteiger partial charge in [0.2, 0.25) is 0 Å². The van der Waals surface area contributed by atoms with Crippen LogP contribution in [-0.2, 0) is 17.7 Å². The summed E-state index contributed by atoms with van der Waals surface area (Å²) in [5.41, 5.74) is 0.662. The lowest BCUT2D eigenvalue weighted by Gasteiger charge is -2.06. The van der Waals surface area contributed by atoms with Crippen molar-refractivity contribution in [1.82, 2.24) is 9.55 Å². The molecule has 0 aromatic carbocycles. The number of carbonyl (C=O) groups excluding carboxylic acids is 1. The minimum Gasteiger partial charge on any atom is -0.459 e. The fraction of sp³-hybridized carbons (Fsp3) is 0.500. The van der Waals surface area contributed by atoms with E-state index in [9.17, 15) is 9.59 Å². The van der Waals surface area contributed by atoms with E-state index in [1.54, 1.807) is 11.5 Å². The number of ether oxygens (including phenoxy) is 1. The van der Waals surface area contributed by atoms with E-state index < -0.39 is 0 Å². The van der Waals surface area contributed by atoms with Crippen LogP contribution in [0, 0.1) is 6.92 Å². The fourth-order valence-electron chi connectivity index (χ4n) is 2.54. The second-order valence-electron chi connectivity index (χ2n) is 5.28. The van der Waals surface area contributed by atoms with Crippen LogP contribution in [0.2, 0.25) is 0 Å². The van der Waals surface area contributed by atoms with Crippen LogP contribution in [0.3, 0.4) is 0 Å². The van der Waals surface area contributed by atoms with Crippen molar-refractivity contribution in [1.29, 1.82) is 0 Å². The lowest BCUT2D eigenvalue weighted by atomic mass is 10.2. The van der Waals surface area contributed by atoms with Gasteiger partial charge in [0.25, 0.3) is 5.56 Å². The number of esters is 1. The Morgan fingerprint density at radius 2 is 2.20 bits per heavy atom. The van der Waals surface area contributed by atoms with Gasteiger partial charge in [0.15, 0.2) is 0 Å². The van der Waals surface area contributed by atoms with Crippen molar-refractivity contribution in [3.05, 3.63) is 26.6 Å². The van der Waals surface area contributed by atoms with E-state index in [1.165, 1.54) is 11.3 Å². The van der Waals surface area contributed by atoms with E-state index in [4.69, 9.17) is 4.74 Å². The van der Waals surface area contributed by atoms with Crippen molar-refractivity contribution >= 4 is 27.5 Å². The molecule has 1 aliphatic heterocycles. The minimum absolute atomic E-state index is 0.0279. The van der Waals surface area contributed by atoms with E-state index >= 15 is 0 Å². The third-order valence-electron chi connectivity index (χ3n) is 3.44. The molecule has 106 valence electrons. The van der Waals surface area contributed by atoms with Crippen molar-refractivity contribution < 1.29 is 9.53 Å². The monoisotopic (exact) mass is 292 g/mol. The van der Waals surface area contributed by atoms with Gasteiger partial charge in [0.1, 0.15) is 15.5 Å². The lowest BCUT2D eigenvalue weighted by Crippen LogP contribution is -2.20. The van der Waals surface area contributed by atoms with Gasteiger partial charge in [-0.2, -0.15) is 0 Å². The molecule has 0 bridgehead atoms. The number of carbonyl (C=O) groups is 1. The highest BCUT2D eigenvalue weighted by Crippen LogP contribution is 2.29. The second-order valence-corrected chi connectivity index (χ2v) is 6.28. The highest BCUT2D eigenvalue weighted by Gasteiger charge is 2.24. The maximum Gasteiger partial charge on any atom is 0.348 e. The Bertz CT molecular complexity index is 758. The van der Waals surface area contributed by atoms with Crippen LogP contribution in [0.5, 0.6) is 0 Å². The van der Waals surface area contributed by atoms with E-state index in [2.05, 4.69) is 4.98 Å². The topological polar surface area (TPSA) is 61.2 Å². The molecule has 2 aromatic heterocycles. The summed E-state index contributed by atoms with van der Waals surface area (Å²) in [6.07, 6.45) is 1.61. The molecule has 0 N–H and O–H groups in total. The zero-order chi connectivity index (χ0) is 14.4. The number of aryl methyl sites for hydroxylation is 2. The molecule has 20 heavy (non-hydrogen) atoms. The zero-order valence-corrected chi connectivity index (χ0v) is 12.5. The van der Waals surface area contributed by atoms with Gasteiger partial charge < -0.3 is 4.74 Å². The van der Waals surface area contributed by atoms with Gasteiger partial charge in [-0.1, -0.05) is 0 Å². The summed E-state index contributed by atoms with van der Waals surface area (Å²) in [5, 5.41) is 0.566. The highest BCUT2D eigenvalue weighted by molar-refractivity contribution is 7.20. The third-order valence-corrected chi connectivity index (χ3v) is 4.61. The van der Waals surface area contributed by atoms with E-state index in [-0.39, 0.29) is 17.6 Å². The molecule has 5 nitrogen and oxygen atoms in total. The highest BCUT2D eigenvalue weighted by atomic mass is 32.1. The fourth-order valence-corrected chi connectivity index (χ4v) is 3.61. The van der Waals surface area contributed by atoms with Gasteiger partial charge in [0.05, 0.1) is 11.5 Å². The minimum atomic E-state index is -0.370. The van der Waals surface area contributed by atoms with E-state index in [0.717, 1.165) is 25.2 Å². The summed E-state index contributed by atoms with van der Waals surface area (Å²) in [4.78, 5) is 30.2. The maximum absolute atomic E-state index is 12.5. The third kappa shape index (κ3) is 1.95. The van der Waals surface area contributed by atoms with Gasteiger partial charge in [-0.05, 0) is 32.8 Å². The molecule has 3 rings (SSSR count). The Morgan fingerprint density at radius 1 is 1.45 bits per heavy atom. The van der Waals surface area contributed by atoms with Crippen molar-refractivity contribution in [3.63, 3.8) is 0 Å². The molecule has 0 saturated carbocycles. The number of rotatable bonds is 2. The van der Waals surface area contributed by atoms with Gasteiger partial charge in [-0.3, -0.25) is 9.36 Å². The molecular formula is C14H16N2O3S. The first kappa shape index (κ1) is 13.3. The standard InChI is InChI=1S/C14H16N2O3S/c1-7(2)19-14(18)11-8(3)10-12(20-11)15-9-5-4-6-16(9)13(10)17/h7H,4-6H2,1-3H3. The SMILES string of the molecule is Cc1c(C(=O)OC(C)C)sc2nc3n(c(=O)c12)CCC3. The van der Waals surface area contributed by atoms with Gasteiger partial charge in [-0.15, -0.1) is 11.3 Å². The molecule has 0 atom stereocenters.